The van der Waals surface area contributed by atoms with Gasteiger partial charge in [-0.25, -0.2) is 0 Å². The van der Waals surface area contributed by atoms with Gasteiger partial charge >= 0.3 is 0 Å². The van der Waals surface area contributed by atoms with Gasteiger partial charge in [0.1, 0.15) is 5.75 Å². The molecule has 0 saturated carbocycles. The minimum Gasteiger partial charge on any atom is -0.483 e. The molecule has 0 aliphatic rings. The van der Waals surface area contributed by atoms with Crippen molar-refractivity contribution in [2.45, 2.75) is 6.42 Å². The monoisotopic (exact) mass is 305 g/mol. The first-order chi connectivity index (χ1) is 10.2. The zero-order valence-corrected chi connectivity index (χ0v) is 12.1. The summed E-state index contributed by atoms with van der Waals surface area (Å²) in [4.78, 5) is 11.8. The van der Waals surface area contributed by atoms with E-state index in [0.29, 0.717) is 22.9 Å². The van der Waals surface area contributed by atoms with E-state index in [4.69, 9.17) is 21.4 Å². The van der Waals surface area contributed by atoms with Crippen molar-refractivity contribution in [3.63, 3.8) is 0 Å². The summed E-state index contributed by atoms with van der Waals surface area (Å²) in [7, 11) is 0. The Labute approximate surface area is 128 Å². The first-order valence-corrected chi connectivity index (χ1v) is 6.94. The lowest BCUT2D eigenvalue weighted by atomic mass is 10.1. The van der Waals surface area contributed by atoms with Gasteiger partial charge in [0, 0.05) is 17.3 Å². The number of hydrogen-bond donors (Lipinski definition) is 2. The van der Waals surface area contributed by atoms with Crippen LogP contribution in [-0.4, -0.2) is 24.2 Å². The molecule has 0 radical (unpaired) electrons. The molecule has 0 spiro atoms. The Morgan fingerprint density at radius 1 is 1.14 bits per heavy atom. The fourth-order valence-electron chi connectivity index (χ4n) is 1.85. The molecule has 2 aromatic rings. The van der Waals surface area contributed by atoms with Crippen molar-refractivity contribution in [2.75, 3.05) is 18.5 Å². The van der Waals surface area contributed by atoms with Crippen molar-refractivity contribution in [3.05, 3.63) is 59.1 Å². The maximum absolute atomic E-state index is 11.8. The largest absolute Gasteiger partial charge is 0.483 e. The van der Waals surface area contributed by atoms with E-state index in [2.05, 4.69) is 5.32 Å². The Bertz CT molecular complexity index is 599. The Hall–Kier alpha value is -2.04. The third-order valence-corrected chi connectivity index (χ3v) is 3.09. The number of halogens is 1. The maximum Gasteiger partial charge on any atom is 0.262 e. The van der Waals surface area contributed by atoms with E-state index in [-0.39, 0.29) is 19.1 Å². The number of ether oxygens (including phenoxy) is 1. The predicted octanol–water partition coefficient (Wildman–Crippen LogP) is 2.89. The van der Waals surface area contributed by atoms with Crippen LogP contribution in [0.25, 0.3) is 0 Å². The van der Waals surface area contributed by atoms with Crippen LogP contribution in [0.3, 0.4) is 0 Å². The molecule has 0 fully saturated rings. The topological polar surface area (TPSA) is 58.6 Å². The summed E-state index contributed by atoms with van der Waals surface area (Å²) >= 11 is 5.78. The van der Waals surface area contributed by atoms with Crippen LogP contribution >= 0.6 is 11.6 Å². The number of nitrogens with one attached hydrogen (secondary N) is 1. The Morgan fingerprint density at radius 2 is 1.86 bits per heavy atom. The van der Waals surface area contributed by atoms with Gasteiger partial charge in [-0.15, -0.1) is 0 Å². The highest BCUT2D eigenvalue weighted by atomic mass is 35.5. The Balaban J connectivity index is 1.90. The van der Waals surface area contributed by atoms with Gasteiger partial charge in [-0.1, -0.05) is 29.8 Å². The van der Waals surface area contributed by atoms with Crippen LogP contribution in [0.2, 0.25) is 5.02 Å². The third-order valence-electron chi connectivity index (χ3n) is 2.84. The number of benzene rings is 2. The van der Waals surface area contributed by atoms with Gasteiger partial charge in [0.15, 0.2) is 6.61 Å². The second kappa shape index (κ2) is 7.67. The average molecular weight is 306 g/mol. The lowest BCUT2D eigenvalue weighted by Crippen LogP contribution is -2.20. The number of carbonyl (C=O) groups excluding carboxylic acids is 1. The SMILES string of the molecule is O=C(COc1ccccc1CCO)Nc1ccc(Cl)cc1. The molecule has 2 N–H and O–H groups in total. The molecule has 0 aliphatic heterocycles. The zero-order valence-electron chi connectivity index (χ0n) is 11.4. The molecule has 0 heterocycles. The van der Waals surface area contributed by atoms with Crippen molar-refractivity contribution in [3.8, 4) is 5.75 Å². The van der Waals surface area contributed by atoms with Crippen molar-refractivity contribution in [1.82, 2.24) is 0 Å². The molecule has 0 aliphatic carbocycles. The number of para-hydroxylation sites is 1. The lowest BCUT2D eigenvalue weighted by Gasteiger charge is -2.11. The van der Waals surface area contributed by atoms with Crippen molar-refractivity contribution in [1.29, 1.82) is 0 Å². The highest BCUT2D eigenvalue weighted by Crippen LogP contribution is 2.18. The maximum atomic E-state index is 11.8. The van der Waals surface area contributed by atoms with E-state index in [0.717, 1.165) is 5.56 Å². The number of hydrogen-bond acceptors (Lipinski definition) is 3. The molecule has 21 heavy (non-hydrogen) atoms. The number of aliphatic hydroxyl groups is 1. The Kier molecular flexibility index (Phi) is 5.60. The number of carbonyl (C=O) groups is 1. The standard InChI is InChI=1S/C16H16ClNO3/c17-13-5-7-14(8-6-13)18-16(20)11-21-15-4-2-1-3-12(15)9-10-19/h1-8,19H,9-11H2,(H,18,20). The van der Waals surface area contributed by atoms with E-state index in [1.54, 1.807) is 30.3 Å². The minimum absolute atomic E-state index is 0.0390. The summed E-state index contributed by atoms with van der Waals surface area (Å²) in [6.45, 7) is -0.0532. The predicted molar refractivity (Wildman–Crippen MR) is 82.8 cm³/mol. The third kappa shape index (κ3) is 4.77. The summed E-state index contributed by atoms with van der Waals surface area (Å²) in [5, 5.41) is 12.3. The molecule has 0 unspecified atom stereocenters. The number of rotatable bonds is 6. The quantitative estimate of drug-likeness (QED) is 0.863. The molecule has 0 atom stereocenters. The minimum atomic E-state index is -0.254. The van der Waals surface area contributed by atoms with E-state index < -0.39 is 0 Å². The van der Waals surface area contributed by atoms with Crippen LogP contribution in [-0.2, 0) is 11.2 Å². The van der Waals surface area contributed by atoms with E-state index in [1.165, 1.54) is 0 Å². The summed E-state index contributed by atoms with van der Waals surface area (Å²) in [5.41, 5.74) is 1.54. The highest BCUT2D eigenvalue weighted by Gasteiger charge is 2.06. The second-order valence-corrected chi connectivity index (χ2v) is 4.86. The van der Waals surface area contributed by atoms with Gasteiger partial charge in [-0.3, -0.25) is 4.79 Å². The molecule has 5 heteroatoms. The molecule has 0 aromatic heterocycles. The molecule has 0 saturated heterocycles. The molecule has 110 valence electrons. The van der Waals surface area contributed by atoms with Gasteiger partial charge < -0.3 is 15.2 Å². The Morgan fingerprint density at radius 3 is 2.57 bits per heavy atom. The normalized spacial score (nSPS) is 10.2. The first-order valence-electron chi connectivity index (χ1n) is 6.56. The van der Waals surface area contributed by atoms with E-state index in [9.17, 15) is 4.79 Å². The molecule has 2 rings (SSSR count). The zero-order chi connectivity index (χ0) is 15.1. The molecule has 1 amide bonds. The van der Waals surface area contributed by atoms with Gasteiger partial charge in [0.25, 0.3) is 5.91 Å². The van der Waals surface area contributed by atoms with Crippen molar-refractivity contribution >= 4 is 23.2 Å². The summed E-state index contributed by atoms with van der Waals surface area (Å²) in [6, 6.07) is 14.2. The molecule has 4 nitrogen and oxygen atoms in total. The first kappa shape index (κ1) is 15.4. The van der Waals surface area contributed by atoms with Gasteiger partial charge in [-0.05, 0) is 42.3 Å². The van der Waals surface area contributed by atoms with Crippen molar-refractivity contribution in [2.24, 2.45) is 0 Å². The van der Waals surface area contributed by atoms with Crippen molar-refractivity contribution < 1.29 is 14.6 Å². The molecule has 2 aromatic carbocycles. The molecule has 0 bridgehead atoms. The van der Waals surface area contributed by atoms with E-state index >= 15 is 0 Å². The van der Waals surface area contributed by atoms with Crippen LogP contribution in [0.5, 0.6) is 5.75 Å². The second-order valence-electron chi connectivity index (χ2n) is 4.43. The van der Waals surface area contributed by atoms with Crippen LogP contribution in [0.15, 0.2) is 48.5 Å². The fraction of sp³-hybridized carbons (Fsp3) is 0.188. The fourth-order valence-corrected chi connectivity index (χ4v) is 1.97. The lowest BCUT2D eigenvalue weighted by molar-refractivity contribution is -0.118. The average Bonchev–Trinajstić information content (AvgIpc) is 2.49. The number of aliphatic hydroxyl groups excluding tert-OH is 1. The van der Waals surface area contributed by atoms with Gasteiger partial charge in [0.2, 0.25) is 0 Å². The summed E-state index contributed by atoms with van der Waals surface area (Å²) < 4.78 is 5.50. The van der Waals surface area contributed by atoms with Crippen LogP contribution in [0, 0.1) is 0 Å². The number of anilines is 1. The highest BCUT2D eigenvalue weighted by molar-refractivity contribution is 6.30. The number of amides is 1. The van der Waals surface area contributed by atoms with Crippen LogP contribution in [0.4, 0.5) is 5.69 Å². The molecular weight excluding hydrogens is 290 g/mol. The van der Waals surface area contributed by atoms with Crippen LogP contribution in [0.1, 0.15) is 5.56 Å². The summed E-state index contributed by atoms with van der Waals surface area (Å²) in [5.74, 6) is 0.355. The summed E-state index contributed by atoms with van der Waals surface area (Å²) in [6.07, 6.45) is 0.495. The smallest absolute Gasteiger partial charge is 0.262 e. The van der Waals surface area contributed by atoms with Gasteiger partial charge in [0.05, 0.1) is 0 Å². The van der Waals surface area contributed by atoms with E-state index in [1.807, 2.05) is 18.2 Å². The van der Waals surface area contributed by atoms with Gasteiger partial charge in [-0.2, -0.15) is 0 Å². The molecular formula is C16H16ClNO3. The van der Waals surface area contributed by atoms with Crippen LogP contribution < -0.4 is 10.1 Å².